The van der Waals surface area contributed by atoms with E-state index >= 15 is 0 Å². The van der Waals surface area contributed by atoms with Crippen LogP contribution in [0, 0.1) is 5.92 Å². The number of carbonyl (C=O) groups excluding carboxylic acids is 2. The average Bonchev–Trinajstić information content (AvgIpc) is 2.60. The largest absolute Gasteiger partial charge is 0.462 e. The van der Waals surface area contributed by atoms with Crippen LogP contribution < -0.4 is 17.2 Å². The second-order valence-electron chi connectivity index (χ2n) is 5.26. The lowest BCUT2D eigenvalue weighted by atomic mass is 10.0. The van der Waals surface area contributed by atoms with E-state index in [9.17, 15) is 14.7 Å². The number of aliphatic hydroxyl groups excluding tert-OH is 1. The van der Waals surface area contributed by atoms with Crippen LogP contribution in [0.5, 0.6) is 0 Å². The molecule has 0 heterocycles. The zero-order valence-corrected chi connectivity index (χ0v) is 14.6. The Bertz CT molecular complexity index is 392. The number of hydrogen-bond acceptors (Lipinski definition) is 9. The molecular weight excluding hydrogens is 330 g/mol. The zero-order valence-electron chi connectivity index (χ0n) is 14.6. The number of aldehydes is 1. The maximum Gasteiger partial charge on any atom is 0.334 e. The second-order valence-corrected chi connectivity index (χ2v) is 5.26. The normalized spacial score (nSPS) is 14.2. The topological polar surface area (TPSA) is 160 Å². The van der Waals surface area contributed by atoms with Gasteiger partial charge in [-0.1, -0.05) is 0 Å². The minimum absolute atomic E-state index is 0.0139. The van der Waals surface area contributed by atoms with Crippen molar-refractivity contribution in [2.24, 2.45) is 23.1 Å². The molecule has 0 aromatic rings. The molecule has 0 rings (SSSR count). The van der Waals surface area contributed by atoms with E-state index in [1.54, 1.807) is 0 Å². The summed E-state index contributed by atoms with van der Waals surface area (Å²) in [5.41, 5.74) is 16.1. The Morgan fingerprint density at radius 3 is 2.20 bits per heavy atom. The number of rotatable bonds is 16. The summed E-state index contributed by atoms with van der Waals surface area (Å²) in [5.74, 6) is -1.59. The Morgan fingerprint density at radius 2 is 1.60 bits per heavy atom. The highest BCUT2D eigenvalue weighted by Gasteiger charge is 2.24. The molecule has 0 aliphatic carbocycles. The predicted octanol–water partition coefficient (Wildman–Crippen LogP) is -1.33. The van der Waals surface area contributed by atoms with Crippen molar-refractivity contribution >= 4 is 12.3 Å². The lowest BCUT2D eigenvalue weighted by molar-refractivity contribution is -0.141. The Balaban J connectivity index is 4.93. The van der Waals surface area contributed by atoms with Crippen molar-refractivity contribution in [1.29, 1.82) is 0 Å². The number of aliphatic hydroxyl groups is 1. The molecule has 25 heavy (non-hydrogen) atoms. The van der Waals surface area contributed by atoms with Crippen LogP contribution in [0.1, 0.15) is 19.3 Å². The van der Waals surface area contributed by atoms with Gasteiger partial charge < -0.3 is 41.3 Å². The van der Waals surface area contributed by atoms with Gasteiger partial charge in [-0.15, -0.1) is 0 Å². The van der Waals surface area contributed by atoms with Gasteiger partial charge in [0.25, 0.3) is 0 Å². The third-order valence-electron chi connectivity index (χ3n) is 3.13. The average molecular weight is 361 g/mol. The Kier molecular flexibility index (Phi) is 15.2. The molecule has 0 bridgehead atoms. The van der Waals surface area contributed by atoms with E-state index in [1.807, 2.05) is 0 Å². The van der Waals surface area contributed by atoms with E-state index in [2.05, 4.69) is 0 Å². The highest BCUT2D eigenvalue weighted by atomic mass is 16.6. The molecule has 0 radical (unpaired) electrons. The van der Waals surface area contributed by atoms with Crippen LogP contribution in [0.15, 0.2) is 11.6 Å². The van der Waals surface area contributed by atoms with Gasteiger partial charge in [-0.2, -0.15) is 0 Å². The molecule has 146 valence electrons. The SMILES string of the molecule is NCCCOCC(C=O)/C(=C\C(O)OCCCN)C(=O)OCCCN. The summed E-state index contributed by atoms with van der Waals surface area (Å²) in [5, 5.41) is 9.88. The van der Waals surface area contributed by atoms with Crippen LogP contribution in [0.4, 0.5) is 0 Å². The standard InChI is InChI=1S/C16H31N3O6/c17-4-1-7-23-12-13(11-20)14(16(22)25-9-3-6-19)10-15(21)24-8-2-5-18/h10-11,13,15,21H,1-9,12,17-19H2/b14-10+. The molecule has 0 aromatic carbocycles. The van der Waals surface area contributed by atoms with E-state index in [0.29, 0.717) is 51.8 Å². The summed E-state index contributed by atoms with van der Waals surface area (Å²) in [7, 11) is 0. The molecule has 0 saturated carbocycles. The summed E-state index contributed by atoms with van der Waals surface area (Å²) in [6.07, 6.45) is 2.07. The highest BCUT2D eigenvalue weighted by molar-refractivity contribution is 5.92. The van der Waals surface area contributed by atoms with E-state index < -0.39 is 18.2 Å². The molecule has 0 aliphatic heterocycles. The number of hydrogen-bond donors (Lipinski definition) is 4. The quantitative estimate of drug-likeness (QED) is 0.0858. The zero-order chi connectivity index (χ0) is 18.9. The van der Waals surface area contributed by atoms with Gasteiger partial charge >= 0.3 is 5.97 Å². The van der Waals surface area contributed by atoms with Crippen LogP contribution in [0.3, 0.4) is 0 Å². The summed E-state index contributed by atoms with van der Waals surface area (Å²) in [6, 6.07) is 0. The minimum atomic E-state index is -1.35. The second kappa shape index (κ2) is 16.1. The molecular formula is C16H31N3O6. The molecule has 2 unspecified atom stereocenters. The van der Waals surface area contributed by atoms with Crippen LogP contribution in [0.25, 0.3) is 0 Å². The fourth-order valence-electron chi connectivity index (χ4n) is 1.76. The Hall–Kier alpha value is -1.36. The van der Waals surface area contributed by atoms with Crippen LogP contribution in [0.2, 0.25) is 0 Å². The summed E-state index contributed by atoms with van der Waals surface area (Å²) < 4.78 is 15.5. The van der Waals surface area contributed by atoms with Crippen molar-refractivity contribution in [1.82, 2.24) is 0 Å². The van der Waals surface area contributed by atoms with Crippen molar-refractivity contribution in [2.75, 3.05) is 46.1 Å². The third-order valence-corrected chi connectivity index (χ3v) is 3.13. The summed E-state index contributed by atoms with van der Waals surface area (Å²) in [6.45, 7) is 1.94. The van der Waals surface area contributed by atoms with Crippen molar-refractivity contribution in [2.45, 2.75) is 25.6 Å². The van der Waals surface area contributed by atoms with E-state index in [1.165, 1.54) is 0 Å². The highest BCUT2D eigenvalue weighted by Crippen LogP contribution is 2.14. The number of nitrogens with two attached hydrogens (primary N) is 3. The van der Waals surface area contributed by atoms with Crippen molar-refractivity contribution in [3.05, 3.63) is 11.6 Å². The van der Waals surface area contributed by atoms with E-state index in [0.717, 1.165) is 6.08 Å². The van der Waals surface area contributed by atoms with Gasteiger partial charge in [0.2, 0.25) is 0 Å². The van der Waals surface area contributed by atoms with Crippen molar-refractivity contribution in [3.8, 4) is 0 Å². The molecule has 7 N–H and O–H groups in total. The first-order valence-electron chi connectivity index (χ1n) is 8.42. The van der Waals surface area contributed by atoms with Crippen molar-refractivity contribution < 1.29 is 28.9 Å². The molecule has 0 spiro atoms. The third kappa shape index (κ3) is 11.8. The van der Waals surface area contributed by atoms with Gasteiger partial charge in [0, 0.05) is 6.61 Å². The Morgan fingerprint density at radius 1 is 1.00 bits per heavy atom. The lowest BCUT2D eigenvalue weighted by Gasteiger charge is -2.17. The van der Waals surface area contributed by atoms with Gasteiger partial charge in [-0.3, -0.25) is 0 Å². The molecule has 9 nitrogen and oxygen atoms in total. The van der Waals surface area contributed by atoms with Gasteiger partial charge in [0.05, 0.1) is 31.3 Å². The van der Waals surface area contributed by atoms with Gasteiger partial charge in [-0.05, 0) is 45.0 Å². The molecule has 0 saturated heterocycles. The first-order chi connectivity index (χ1) is 12.1. The van der Waals surface area contributed by atoms with E-state index in [-0.39, 0.29) is 25.4 Å². The summed E-state index contributed by atoms with van der Waals surface area (Å²) in [4.78, 5) is 23.6. The monoisotopic (exact) mass is 361 g/mol. The predicted molar refractivity (Wildman–Crippen MR) is 92.4 cm³/mol. The van der Waals surface area contributed by atoms with Gasteiger partial charge in [0.1, 0.15) is 6.29 Å². The first-order valence-corrected chi connectivity index (χ1v) is 8.42. The maximum atomic E-state index is 12.2. The van der Waals surface area contributed by atoms with E-state index in [4.69, 9.17) is 31.4 Å². The van der Waals surface area contributed by atoms with Crippen LogP contribution >= 0.6 is 0 Å². The fourth-order valence-corrected chi connectivity index (χ4v) is 1.76. The maximum absolute atomic E-state index is 12.2. The fraction of sp³-hybridized carbons (Fsp3) is 0.750. The van der Waals surface area contributed by atoms with Crippen LogP contribution in [-0.2, 0) is 23.8 Å². The number of ether oxygens (including phenoxy) is 3. The molecule has 0 amide bonds. The number of esters is 1. The lowest BCUT2D eigenvalue weighted by Crippen LogP contribution is -2.25. The smallest absolute Gasteiger partial charge is 0.334 e. The van der Waals surface area contributed by atoms with Gasteiger partial charge in [-0.25, -0.2) is 4.79 Å². The summed E-state index contributed by atoms with van der Waals surface area (Å²) >= 11 is 0. The molecule has 2 atom stereocenters. The number of carbonyl (C=O) groups is 2. The van der Waals surface area contributed by atoms with Crippen molar-refractivity contribution in [3.63, 3.8) is 0 Å². The van der Waals surface area contributed by atoms with Crippen LogP contribution in [-0.4, -0.2) is 69.7 Å². The first kappa shape index (κ1) is 23.6. The molecule has 9 heteroatoms. The molecule has 0 aliphatic rings. The Labute approximate surface area is 148 Å². The molecule has 0 fully saturated rings. The minimum Gasteiger partial charge on any atom is -0.462 e. The molecule has 0 aromatic heterocycles. The van der Waals surface area contributed by atoms with Gasteiger partial charge in [0.15, 0.2) is 6.29 Å².